The maximum Gasteiger partial charge on any atom is 0.335 e. The zero-order valence-electron chi connectivity index (χ0n) is 16.3. The Balaban J connectivity index is 1.39. The summed E-state index contributed by atoms with van der Waals surface area (Å²) in [5.41, 5.74) is 2.79. The Morgan fingerprint density at radius 3 is 2.67 bits per heavy atom. The first-order valence-corrected chi connectivity index (χ1v) is 11.3. The normalized spacial score (nSPS) is 23.7. The number of carboxylic acids is 1. The van der Waals surface area contributed by atoms with E-state index in [4.69, 9.17) is 16.3 Å². The highest BCUT2D eigenvalue weighted by atomic mass is 35.5. The number of hydrogen-bond donors (Lipinski definition) is 2. The van der Waals surface area contributed by atoms with Crippen molar-refractivity contribution in [1.82, 2.24) is 0 Å². The minimum Gasteiger partial charge on any atom is -0.491 e. The molecular weight excluding hydrogens is 420 g/mol. The summed E-state index contributed by atoms with van der Waals surface area (Å²) >= 11 is 7.61. The molecule has 2 N–H and O–H groups in total. The molecule has 0 aliphatic heterocycles. The van der Waals surface area contributed by atoms with Gasteiger partial charge in [-0.3, -0.25) is 0 Å². The van der Waals surface area contributed by atoms with Gasteiger partial charge < -0.3 is 14.6 Å². The monoisotopic (exact) mass is 440 g/mol. The van der Waals surface area contributed by atoms with Gasteiger partial charge in [0.25, 0.3) is 0 Å². The first kappa shape index (κ1) is 19.6. The second-order valence-corrected chi connectivity index (χ2v) is 10.00. The second-order valence-electron chi connectivity index (χ2n) is 8.74. The molecule has 2 aromatic rings. The lowest BCUT2D eigenvalue weighted by atomic mass is 9.45. The van der Waals surface area contributed by atoms with Crippen LogP contribution in [0.25, 0.3) is 0 Å². The van der Waals surface area contributed by atoms with Crippen molar-refractivity contribution in [1.29, 1.82) is 5.26 Å². The highest BCUT2D eigenvalue weighted by Gasteiger charge is 2.56. The van der Waals surface area contributed by atoms with Gasteiger partial charge >= 0.3 is 5.97 Å². The molecule has 0 amide bonds. The number of benzene rings is 2. The molecule has 30 heavy (non-hydrogen) atoms. The molecule has 4 saturated carbocycles. The largest absolute Gasteiger partial charge is 0.491 e. The number of ether oxygens (including phenoxy) is 1. The molecule has 0 saturated heterocycles. The molecule has 0 spiro atoms. The van der Waals surface area contributed by atoms with Crippen LogP contribution >= 0.6 is 23.5 Å². The van der Waals surface area contributed by atoms with E-state index in [0.29, 0.717) is 40.0 Å². The fourth-order valence-corrected chi connectivity index (χ4v) is 5.62. The maximum atomic E-state index is 11.4. The van der Waals surface area contributed by atoms with Gasteiger partial charge in [0.05, 0.1) is 28.4 Å². The topological polar surface area (TPSA) is 82.4 Å². The van der Waals surface area contributed by atoms with E-state index in [1.165, 1.54) is 31.2 Å². The summed E-state index contributed by atoms with van der Waals surface area (Å²) in [4.78, 5) is 12.3. The fourth-order valence-electron chi connectivity index (χ4n) is 4.50. The number of hydrogen-bond acceptors (Lipinski definition) is 5. The Kier molecular flexibility index (Phi) is 4.83. The summed E-state index contributed by atoms with van der Waals surface area (Å²) in [6, 6.07) is 10.8. The molecular formula is C23H21ClN2O3S. The van der Waals surface area contributed by atoms with E-state index in [-0.39, 0.29) is 5.56 Å². The third-order valence-corrected chi connectivity index (χ3v) is 7.65. The Labute approximate surface area is 184 Å². The molecule has 2 bridgehead atoms. The lowest BCUT2D eigenvalue weighted by molar-refractivity contribution is -0.131. The Hall–Kier alpha value is -2.36. The number of aromatic carboxylic acids is 1. The second kappa shape index (κ2) is 7.40. The molecule has 4 aliphatic carbocycles. The van der Waals surface area contributed by atoms with Crippen molar-refractivity contribution >= 4 is 35.2 Å². The quantitative estimate of drug-likeness (QED) is 0.483. The predicted molar refractivity (Wildman–Crippen MR) is 116 cm³/mol. The molecule has 154 valence electrons. The third kappa shape index (κ3) is 3.61. The van der Waals surface area contributed by atoms with E-state index in [9.17, 15) is 15.2 Å². The van der Waals surface area contributed by atoms with Crippen molar-refractivity contribution in [3.05, 3.63) is 52.0 Å². The summed E-state index contributed by atoms with van der Waals surface area (Å²) in [5, 5.41) is 19.1. The van der Waals surface area contributed by atoms with Gasteiger partial charge in [0.2, 0.25) is 0 Å². The number of nitriles is 1. The lowest BCUT2D eigenvalue weighted by Gasteiger charge is -2.61. The summed E-state index contributed by atoms with van der Waals surface area (Å²) in [7, 11) is 0. The molecule has 0 aromatic heterocycles. The van der Waals surface area contributed by atoms with Gasteiger partial charge in [-0.1, -0.05) is 17.7 Å². The van der Waals surface area contributed by atoms with Gasteiger partial charge in [0, 0.05) is 16.4 Å². The van der Waals surface area contributed by atoms with Gasteiger partial charge in [-0.05, 0) is 79.7 Å². The summed E-state index contributed by atoms with van der Waals surface area (Å²) < 4.78 is 9.43. The van der Waals surface area contributed by atoms with Crippen LogP contribution in [0, 0.1) is 22.7 Å². The molecule has 5 nitrogen and oxygen atoms in total. The predicted octanol–water partition coefficient (Wildman–Crippen LogP) is 6.09. The number of rotatable bonds is 8. The van der Waals surface area contributed by atoms with E-state index >= 15 is 0 Å². The van der Waals surface area contributed by atoms with Crippen LogP contribution < -0.4 is 9.46 Å². The standard InChI is InChI=1S/C23H21ClN2O3S/c24-18-7-20(29-12-23-8-13(9-23)10-23)19(5-16(18)11-25)26-30-21-6-15(22(27)28)3-4-17(21)14-1-2-14/h3-7,13-14,26H,1-2,8-10,12H2,(H,27,28). The average Bonchev–Trinajstić information content (AvgIpc) is 3.50. The molecule has 0 unspecified atom stereocenters. The smallest absolute Gasteiger partial charge is 0.335 e. The van der Waals surface area contributed by atoms with E-state index in [0.717, 1.165) is 29.2 Å². The molecule has 2 aromatic carbocycles. The first-order valence-electron chi connectivity index (χ1n) is 10.1. The van der Waals surface area contributed by atoms with Gasteiger partial charge in [0.15, 0.2) is 0 Å². The van der Waals surface area contributed by atoms with Crippen molar-refractivity contribution in [3.8, 4) is 11.8 Å². The number of carbonyl (C=O) groups is 1. The first-order chi connectivity index (χ1) is 14.5. The molecule has 0 heterocycles. The third-order valence-electron chi connectivity index (χ3n) is 6.44. The van der Waals surface area contributed by atoms with Crippen molar-refractivity contribution in [2.24, 2.45) is 11.3 Å². The van der Waals surface area contributed by atoms with E-state index in [2.05, 4.69) is 10.8 Å². The van der Waals surface area contributed by atoms with Crippen LogP contribution in [0.3, 0.4) is 0 Å². The van der Waals surface area contributed by atoms with Crippen LogP contribution in [-0.2, 0) is 0 Å². The molecule has 4 fully saturated rings. The fraction of sp³-hybridized carbons (Fsp3) is 0.391. The molecule has 4 aliphatic rings. The van der Waals surface area contributed by atoms with E-state index in [1.807, 2.05) is 6.07 Å². The van der Waals surface area contributed by atoms with Crippen LogP contribution in [0.15, 0.2) is 35.2 Å². The SMILES string of the molecule is N#Cc1cc(NSc2cc(C(=O)O)ccc2C2CC2)c(OCC23CC(C2)C3)cc1Cl. The summed E-state index contributed by atoms with van der Waals surface area (Å²) in [6.45, 7) is 0.660. The minimum atomic E-state index is -0.944. The molecule has 0 atom stereocenters. The van der Waals surface area contributed by atoms with Crippen molar-refractivity contribution in [2.45, 2.75) is 42.9 Å². The average molecular weight is 441 g/mol. The number of nitrogens with zero attached hydrogens (tertiary/aromatic N) is 1. The van der Waals surface area contributed by atoms with Crippen molar-refractivity contribution < 1.29 is 14.6 Å². The zero-order chi connectivity index (χ0) is 20.9. The Morgan fingerprint density at radius 1 is 1.30 bits per heavy atom. The van der Waals surface area contributed by atoms with Crippen LogP contribution in [0.4, 0.5) is 5.69 Å². The Bertz CT molecular complexity index is 1060. The summed E-state index contributed by atoms with van der Waals surface area (Å²) in [5.74, 6) is 1.05. The van der Waals surface area contributed by atoms with E-state index in [1.54, 1.807) is 24.3 Å². The maximum absolute atomic E-state index is 11.4. The van der Waals surface area contributed by atoms with E-state index < -0.39 is 5.97 Å². The van der Waals surface area contributed by atoms with Crippen LogP contribution in [0.2, 0.25) is 5.02 Å². The van der Waals surface area contributed by atoms with Crippen molar-refractivity contribution in [2.75, 3.05) is 11.3 Å². The molecule has 7 heteroatoms. The molecule has 0 radical (unpaired) electrons. The van der Waals surface area contributed by atoms with Crippen LogP contribution in [-0.4, -0.2) is 17.7 Å². The Morgan fingerprint density at radius 2 is 2.07 bits per heavy atom. The number of halogens is 1. The molecule has 6 rings (SSSR count). The van der Waals surface area contributed by atoms with Crippen LogP contribution in [0.1, 0.15) is 59.5 Å². The van der Waals surface area contributed by atoms with Gasteiger partial charge in [0.1, 0.15) is 11.8 Å². The number of anilines is 1. The number of nitrogens with one attached hydrogen (secondary N) is 1. The number of carboxylic acid groups (broad SMARTS) is 1. The zero-order valence-corrected chi connectivity index (χ0v) is 17.9. The van der Waals surface area contributed by atoms with Gasteiger partial charge in [-0.25, -0.2) is 4.79 Å². The van der Waals surface area contributed by atoms with Crippen molar-refractivity contribution in [3.63, 3.8) is 0 Å². The summed E-state index contributed by atoms with van der Waals surface area (Å²) in [6.07, 6.45) is 5.96. The van der Waals surface area contributed by atoms with Gasteiger partial charge in [-0.15, -0.1) is 0 Å². The van der Waals surface area contributed by atoms with Gasteiger partial charge in [-0.2, -0.15) is 5.26 Å². The lowest BCUT2D eigenvalue weighted by Crippen LogP contribution is -2.55. The van der Waals surface area contributed by atoms with Crippen LogP contribution in [0.5, 0.6) is 5.75 Å². The minimum absolute atomic E-state index is 0.262. The highest BCUT2D eigenvalue weighted by molar-refractivity contribution is 8.00. The highest BCUT2D eigenvalue weighted by Crippen LogP contribution is 2.64.